The normalized spacial score (nSPS) is 12.0. The Morgan fingerprint density at radius 1 is 1.17 bits per heavy atom. The Kier molecular flexibility index (Phi) is 6.89. The molecule has 0 aromatic heterocycles. The van der Waals surface area contributed by atoms with Crippen molar-refractivity contribution in [1.82, 2.24) is 5.32 Å². The van der Waals surface area contributed by atoms with Crippen molar-refractivity contribution < 1.29 is 14.6 Å². The molecule has 0 aliphatic carbocycles. The zero-order valence-electron chi connectivity index (χ0n) is 13.4. The van der Waals surface area contributed by atoms with Crippen molar-refractivity contribution in [2.24, 2.45) is 0 Å². The van der Waals surface area contributed by atoms with E-state index >= 15 is 0 Å². The summed E-state index contributed by atoms with van der Waals surface area (Å²) in [6.45, 7) is 3.43. The summed E-state index contributed by atoms with van der Waals surface area (Å²) in [5, 5.41) is 12.5. The van der Waals surface area contributed by atoms with E-state index in [0.717, 1.165) is 15.6 Å². The maximum atomic E-state index is 9.29. The van der Waals surface area contributed by atoms with Crippen LogP contribution < -0.4 is 14.8 Å². The average Bonchev–Trinajstić information content (AvgIpc) is 2.54. The molecule has 4 nitrogen and oxygen atoms in total. The van der Waals surface area contributed by atoms with Gasteiger partial charge in [0.15, 0.2) is 11.5 Å². The first kappa shape index (κ1) is 17.8. The minimum atomic E-state index is -0.367. The Bertz CT molecular complexity index is 617. The number of methoxy groups -OCH3 is 1. The van der Waals surface area contributed by atoms with Crippen LogP contribution in [-0.2, 0) is 13.2 Å². The molecule has 0 bridgehead atoms. The van der Waals surface area contributed by atoms with Crippen molar-refractivity contribution in [2.45, 2.75) is 26.2 Å². The van der Waals surface area contributed by atoms with Gasteiger partial charge in [0.25, 0.3) is 0 Å². The van der Waals surface area contributed by atoms with Gasteiger partial charge in [-0.15, -0.1) is 0 Å². The molecular weight excluding hydrogens is 358 g/mol. The van der Waals surface area contributed by atoms with Gasteiger partial charge in [0, 0.05) is 13.1 Å². The van der Waals surface area contributed by atoms with Gasteiger partial charge < -0.3 is 19.9 Å². The van der Waals surface area contributed by atoms with Gasteiger partial charge in [0.05, 0.1) is 17.7 Å². The molecule has 1 unspecified atom stereocenters. The number of rotatable bonds is 8. The molecule has 2 N–H and O–H groups in total. The summed E-state index contributed by atoms with van der Waals surface area (Å²) < 4.78 is 12.2. The van der Waals surface area contributed by atoms with Crippen LogP contribution in [0.2, 0.25) is 0 Å². The monoisotopic (exact) mass is 379 g/mol. The van der Waals surface area contributed by atoms with Gasteiger partial charge >= 0.3 is 0 Å². The first-order valence-electron chi connectivity index (χ1n) is 7.52. The van der Waals surface area contributed by atoms with Crippen LogP contribution in [0, 0.1) is 0 Å². The molecule has 1 atom stereocenters. The highest BCUT2D eigenvalue weighted by atomic mass is 79.9. The lowest BCUT2D eigenvalue weighted by Crippen LogP contribution is -2.23. The van der Waals surface area contributed by atoms with Gasteiger partial charge in [-0.25, -0.2) is 0 Å². The van der Waals surface area contributed by atoms with Crippen molar-refractivity contribution in [3.63, 3.8) is 0 Å². The van der Waals surface area contributed by atoms with E-state index in [9.17, 15) is 5.11 Å². The maximum Gasteiger partial charge on any atom is 0.175 e. The number of ether oxygens (including phenoxy) is 2. The molecule has 124 valence electrons. The molecule has 5 heteroatoms. The van der Waals surface area contributed by atoms with E-state index in [1.807, 2.05) is 42.5 Å². The Labute approximate surface area is 145 Å². The second-order valence-corrected chi connectivity index (χ2v) is 6.22. The Balaban J connectivity index is 2.07. The molecule has 2 rings (SSSR count). The summed E-state index contributed by atoms with van der Waals surface area (Å²) >= 11 is 3.55. The van der Waals surface area contributed by atoms with Crippen LogP contribution in [0.1, 0.15) is 18.1 Å². The van der Waals surface area contributed by atoms with Crippen LogP contribution >= 0.6 is 15.9 Å². The number of aliphatic hydroxyl groups is 1. The van der Waals surface area contributed by atoms with E-state index in [2.05, 4.69) is 21.2 Å². The second kappa shape index (κ2) is 8.91. The Hall–Kier alpha value is -1.56. The molecule has 23 heavy (non-hydrogen) atoms. The number of halogens is 1. The van der Waals surface area contributed by atoms with Gasteiger partial charge in [-0.3, -0.25) is 0 Å². The fourth-order valence-electron chi connectivity index (χ4n) is 2.17. The van der Waals surface area contributed by atoms with Gasteiger partial charge in [-0.1, -0.05) is 30.3 Å². The van der Waals surface area contributed by atoms with Crippen molar-refractivity contribution >= 4 is 15.9 Å². The zero-order valence-corrected chi connectivity index (χ0v) is 15.0. The summed E-state index contributed by atoms with van der Waals surface area (Å²) in [5.41, 5.74) is 2.16. The molecule has 0 saturated carbocycles. The molecule has 0 heterocycles. The van der Waals surface area contributed by atoms with Crippen molar-refractivity contribution in [3.05, 3.63) is 58.1 Å². The van der Waals surface area contributed by atoms with Crippen molar-refractivity contribution in [1.29, 1.82) is 0 Å². The van der Waals surface area contributed by atoms with E-state index < -0.39 is 0 Å². The highest BCUT2D eigenvalue weighted by Gasteiger charge is 2.12. The van der Waals surface area contributed by atoms with E-state index in [-0.39, 0.29) is 6.10 Å². The zero-order chi connectivity index (χ0) is 16.7. The molecule has 0 aliphatic heterocycles. The molecule has 0 aliphatic rings. The first-order valence-corrected chi connectivity index (χ1v) is 8.31. The SMILES string of the molecule is COc1cc(CNCC(C)O)cc(Br)c1OCc1ccccc1. The predicted octanol–water partition coefficient (Wildman–Crippen LogP) is 3.51. The molecule has 0 saturated heterocycles. The van der Waals surface area contributed by atoms with E-state index in [1.165, 1.54) is 0 Å². The molecule has 2 aromatic rings. The van der Waals surface area contributed by atoms with E-state index in [4.69, 9.17) is 9.47 Å². The lowest BCUT2D eigenvalue weighted by atomic mass is 10.2. The largest absolute Gasteiger partial charge is 0.493 e. The molecule has 0 radical (unpaired) electrons. The van der Waals surface area contributed by atoms with Crippen molar-refractivity contribution in [3.8, 4) is 11.5 Å². The fourth-order valence-corrected chi connectivity index (χ4v) is 2.77. The minimum Gasteiger partial charge on any atom is -0.493 e. The quantitative estimate of drug-likeness (QED) is 0.736. The van der Waals surface area contributed by atoms with Crippen LogP contribution in [0.5, 0.6) is 11.5 Å². The second-order valence-electron chi connectivity index (χ2n) is 5.36. The van der Waals surface area contributed by atoms with Crippen LogP contribution in [0.25, 0.3) is 0 Å². The maximum absolute atomic E-state index is 9.29. The lowest BCUT2D eigenvalue weighted by molar-refractivity contribution is 0.191. The minimum absolute atomic E-state index is 0.367. The van der Waals surface area contributed by atoms with Crippen LogP contribution in [0.4, 0.5) is 0 Å². The highest BCUT2D eigenvalue weighted by Crippen LogP contribution is 2.37. The third-order valence-corrected chi connectivity index (χ3v) is 3.87. The molecule has 0 amide bonds. The fraction of sp³-hybridized carbons (Fsp3) is 0.333. The average molecular weight is 380 g/mol. The molecule has 2 aromatic carbocycles. The Morgan fingerprint density at radius 2 is 1.91 bits per heavy atom. The van der Waals surface area contributed by atoms with E-state index in [0.29, 0.717) is 31.2 Å². The number of benzene rings is 2. The Morgan fingerprint density at radius 3 is 2.57 bits per heavy atom. The molecular formula is C18H22BrNO3. The number of hydrogen-bond acceptors (Lipinski definition) is 4. The van der Waals surface area contributed by atoms with Crippen LogP contribution in [0.15, 0.2) is 46.9 Å². The lowest BCUT2D eigenvalue weighted by Gasteiger charge is -2.15. The summed E-state index contributed by atoms with van der Waals surface area (Å²) in [6.07, 6.45) is -0.367. The van der Waals surface area contributed by atoms with Gasteiger partial charge in [0.2, 0.25) is 0 Å². The summed E-state index contributed by atoms with van der Waals surface area (Å²) in [5.74, 6) is 1.37. The highest BCUT2D eigenvalue weighted by molar-refractivity contribution is 9.10. The van der Waals surface area contributed by atoms with Gasteiger partial charge in [-0.05, 0) is 46.1 Å². The number of nitrogens with one attached hydrogen (secondary N) is 1. The van der Waals surface area contributed by atoms with Gasteiger partial charge in [0.1, 0.15) is 6.61 Å². The van der Waals surface area contributed by atoms with Gasteiger partial charge in [-0.2, -0.15) is 0 Å². The third-order valence-electron chi connectivity index (χ3n) is 3.28. The van der Waals surface area contributed by atoms with E-state index in [1.54, 1.807) is 14.0 Å². The predicted molar refractivity (Wildman–Crippen MR) is 94.9 cm³/mol. The third kappa shape index (κ3) is 5.53. The standard InChI is InChI=1S/C18H22BrNO3/c1-13(21)10-20-11-15-8-16(19)18(17(9-15)22-2)23-12-14-6-4-3-5-7-14/h3-9,13,20-21H,10-12H2,1-2H3. The summed E-state index contributed by atoms with van der Waals surface area (Å²) in [6, 6.07) is 13.9. The number of hydrogen-bond donors (Lipinski definition) is 2. The van der Waals surface area contributed by atoms with Crippen LogP contribution in [0.3, 0.4) is 0 Å². The molecule has 0 fully saturated rings. The first-order chi connectivity index (χ1) is 11.1. The number of aliphatic hydroxyl groups excluding tert-OH is 1. The van der Waals surface area contributed by atoms with Crippen LogP contribution in [-0.4, -0.2) is 24.9 Å². The van der Waals surface area contributed by atoms with Crippen molar-refractivity contribution in [2.75, 3.05) is 13.7 Å². The smallest absolute Gasteiger partial charge is 0.175 e. The topological polar surface area (TPSA) is 50.7 Å². The molecule has 0 spiro atoms. The summed E-state index contributed by atoms with van der Waals surface area (Å²) in [4.78, 5) is 0. The summed E-state index contributed by atoms with van der Waals surface area (Å²) in [7, 11) is 1.63.